The smallest absolute Gasteiger partial charge is 0.193 e. The minimum absolute atomic E-state index is 0.285. The molecule has 0 aliphatic carbocycles. The standard InChI is InChI=1S/C17H32N4OS/c1-15-3-6-20(7-4-15)16(18-2)19-13-17(5-12-23-14-17)21-8-10-22-11-9-21/h15H,3-14H2,1-2H3,(H,18,19). The molecule has 1 N–H and O–H groups in total. The molecule has 1 atom stereocenters. The highest BCUT2D eigenvalue weighted by atomic mass is 32.2. The van der Waals surface area contributed by atoms with E-state index in [0.29, 0.717) is 0 Å². The third-order valence-electron chi connectivity index (χ3n) is 5.63. The molecule has 5 nitrogen and oxygen atoms in total. The van der Waals surface area contributed by atoms with Gasteiger partial charge in [0.2, 0.25) is 0 Å². The zero-order valence-corrected chi connectivity index (χ0v) is 15.5. The second-order valence-electron chi connectivity index (χ2n) is 7.20. The van der Waals surface area contributed by atoms with E-state index in [2.05, 4.69) is 38.8 Å². The zero-order valence-electron chi connectivity index (χ0n) is 14.7. The maximum atomic E-state index is 5.56. The van der Waals surface area contributed by atoms with Crippen LogP contribution in [0.1, 0.15) is 26.2 Å². The molecule has 0 spiro atoms. The normalized spacial score (nSPS) is 31.6. The van der Waals surface area contributed by atoms with Crippen molar-refractivity contribution in [2.24, 2.45) is 10.9 Å². The minimum atomic E-state index is 0.285. The van der Waals surface area contributed by atoms with Gasteiger partial charge in [0.05, 0.1) is 13.2 Å². The Morgan fingerprint density at radius 2 is 2.00 bits per heavy atom. The van der Waals surface area contributed by atoms with E-state index in [4.69, 9.17) is 4.74 Å². The summed E-state index contributed by atoms with van der Waals surface area (Å²) in [6.45, 7) is 9.55. The van der Waals surface area contributed by atoms with E-state index in [9.17, 15) is 0 Å². The molecule has 3 aliphatic rings. The van der Waals surface area contributed by atoms with E-state index >= 15 is 0 Å². The molecule has 6 heteroatoms. The maximum Gasteiger partial charge on any atom is 0.193 e. The lowest BCUT2D eigenvalue weighted by atomic mass is 9.95. The summed E-state index contributed by atoms with van der Waals surface area (Å²) in [5.74, 6) is 4.46. The first-order chi connectivity index (χ1) is 11.2. The quantitative estimate of drug-likeness (QED) is 0.623. The third kappa shape index (κ3) is 4.15. The monoisotopic (exact) mass is 340 g/mol. The van der Waals surface area contributed by atoms with Crippen LogP contribution in [0.2, 0.25) is 0 Å². The van der Waals surface area contributed by atoms with Gasteiger partial charge >= 0.3 is 0 Å². The van der Waals surface area contributed by atoms with Gasteiger partial charge < -0.3 is 15.0 Å². The molecule has 3 aliphatic heterocycles. The number of hydrogen-bond acceptors (Lipinski definition) is 4. The van der Waals surface area contributed by atoms with Crippen LogP contribution in [0.4, 0.5) is 0 Å². The van der Waals surface area contributed by atoms with Gasteiger partial charge in [-0.05, 0) is 30.9 Å². The van der Waals surface area contributed by atoms with Crippen LogP contribution >= 0.6 is 11.8 Å². The summed E-state index contributed by atoms with van der Waals surface area (Å²) in [5.41, 5.74) is 0.285. The maximum absolute atomic E-state index is 5.56. The first kappa shape index (κ1) is 17.4. The Labute approximate surface area is 145 Å². The van der Waals surface area contributed by atoms with Gasteiger partial charge in [-0.25, -0.2) is 0 Å². The third-order valence-corrected chi connectivity index (χ3v) is 6.87. The van der Waals surface area contributed by atoms with Crippen molar-refractivity contribution in [1.29, 1.82) is 0 Å². The fourth-order valence-electron chi connectivity index (χ4n) is 3.93. The van der Waals surface area contributed by atoms with Crippen molar-refractivity contribution in [1.82, 2.24) is 15.1 Å². The predicted octanol–water partition coefficient (Wildman–Crippen LogP) is 1.50. The zero-order chi connectivity index (χ0) is 16.1. The fourth-order valence-corrected chi connectivity index (χ4v) is 5.41. The highest BCUT2D eigenvalue weighted by Crippen LogP contribution is 2.33. The van der Waals surface area contributed by atoms with Crippen molar-refractivity contribution < 1.29 is 4.74 Å². The van der Waals surface area contributed by atoms with Gasteiger partial charge in [0.15, 0.2) is 5.96 Å². The summed E-state index contributed by atoms with van der Waals surface area (Å²) in [6, 6.07) is 0. The molecular formula is C17H32N4OS. The Kier molecular flexibility index (Phi) is 6.10. The number of aliphatic imine (C=N–C) groups is 1. The van der Waals surface area contributed by atoms with Crippen molar-refractivity contribution in [3.63, 3.8) is 0 Å². The van der Waals surface area contributed by atoms with Crippen LogP contribution in [0.15, 0.2) is 4.99 Å². The van der Waals surface area contributed by atoms with E-state index in [1.165, 1.54) is 30.8 Å². The first-order valence-electron chi connectivity index (χ1n) is 9.10. The molecule has 3 heterocycles. The van der Waals surface area contributed by atoms with Gasteiger partial charge in [-0.3, -0.25) is 9.89 Å². The number of ether oxygens (including phenoxy) is 1. The molecule has 3 saturated heterocycles. The molecule has 0 bridgehead atoms. The molecule has 23 heavy (non-hydrogen) atoms. The molecule has 0 aromatic rings. The van der Waals surface area contributed by atoms with Gasteiger partial charge in [-0.1, -0.05) is 6.92 Å². The second-order valence-corrected chi connectivity index (χ2v) is 8.30. The summed E-state index contributed by atoms with van der Waals surface area (Å²) in [4.78, 5) is 9.66. The average Bonchev–Trinajstić information content (AvgIpc) is 3.08. The molecular weight excluding hydrogens is 308 g/mol. The van der Waals surface area contributed by atoms with Gasteiger partial charge in [0.25, 0.3) is 0 Å². The van der Waals surface area contributed by atoms with Crippen LogP contribution in [-0.4, -0.2) is 85.8 Å². The number of rotatable bonds is 3. The number of hydrogen-bond donors (Lipinski definition) is 1. The number of nitrogens with one attached hydrogen (secondary N) is 1. The summed E-state index contributed by atoms with van der Waals surface area (Å²) in [7, 11) is 1.92. The van der Waals surface area contributed by atoms with Crippen molar-refractivity contribution in [2.45, 2.75) is 31.7 Å². The Balaban J connectivity index is 1.59. The summed E-state index contributed by atoms with van der Waals surface area (Å²) < 4.78 is 5.56. The van der Waals surface area contributed by atoms with E-state index in [1.807, 2.05) is 7.05 Å². The van der Waals surface area contributed by atoms with Gasteiger partial charge in [0.1, 0.15) is 0 Å². The van der Waals surface area contributed by atoms with Crippen LogP contribution in [0.5, 0.6) is 0 Å². The number of likely N-dealkylation sites (tertiary alicyclic amines) is 1. The highest BCUT2D eigenvalue weighted by Gasteiger charge is 2.41. The second kappa shape index (κ2) is 8.08. The van der Waals surface area contributed by atoms with Gasteiger partial charge in [-0.2, -0.15) is 11.8 Å². The molecule has 3 fully saturated rings. The minimum Gasteiger partial charge on any atom is -0.379 e. The Hall–Kier alpha value is -0.460. The lowest BCUT2D eigenvalue weighted by Crippen LogP contribution is -2.60. The molecule has 132 valence electrons. The summed E-state index contributed by atoms with van der Waals surface area (Å²) >= 11 is 2.09. The first-order valence-corrected chi connectivity index (χ1v) is 10.3. The van der Waals surface area contributed by atoms with Crippen LogP contribution in [0, 0.1) is 5.92 Å². The Bertz CT molecular complexity index is 397. The molecule has 0 radical (unpaired) electrons. The van der Waals surface area contributed by atoms with E-state index in [0.717, 1.165) is 57.8 Å². The number of morpholine rings is 1. The number of nitrogens with zero attached hydrogens (tertiary/aromatic N) is 3. The van der Waals surface area contributed by atoms with Crippen LogP contribution in [0.3, 0.4) is 0 Å². The average molecular weight is 341 g/mol. The van der Waals surface area contributed by atoms with Crippen LogP contribution in [-0.2, 0) is 4.74 Å². The summed E-state index contributed by atoms with van der Waals surface area (Å²) in [6.07, 6.45) is 3.84. The number of guanidine groups is 1. The van der Waals surface area contributed by atoms with E-state index in [1.54, 1.807) is 0 Å². The molecule has 3 rings (SSSR count). The van der Waals surface area contributed by atoms with Crippen molar-refractivity contribution >= 4 is 17.7 Å². The van der Waals surface area contributed by atoms with Gasteiger partial charge in [0, 0.05) is 51.1 Å². The molecule has 0 aromatic heterocycles. The molecule has 0 saturated carbocycles. The number of piperidine rings is 1. The summed E-state index contributed by atoms with van der Waals surface area (Å²) in [5, 5.41) is 3.71. The Morgan fingerprint density at radius 3 is 2.61 bits per heavy atom. The largest absolute Gasteiger partial charge is 0.379 e. The topological polar surface area (TPSA) is 40.1 Å². The fraction of sp³-hybridized carbons (Fsp3) is 0.941. The highest BCUT2D eigenvalue weighted by molar-refractivity contribution is 7.99. The lowest BCUT2D eigenvalue weighted by molar-refractivity contribution is -0.0122. The molecule has 1 unspecified atom stereocenters. The SMILES string of the molecule is CN=C(NCC1(N2CCOCC2)CCSC1)N1CCC(C)CC1. The Morgan fingerprint density at radius 1 is 1.26 bits per heavy atom. The number of thioether (sulfide) groups is 1. The predicted molar refractivity (Wildman–Crippen MR) is 98.4 cm³/mol. The van der Waals surface area contributed by atoms with Gasteiger partial charge in [-0.15, -0.1) is 0 Å². The van der Waals surface area contributed by atoms with E-state index < -0.39 is 0 Å². The van der Waals surface area contributed by atoms with Crippen molar-refractivity contribution in [3.05, 3.63) is 0 Å². The van der Waals surface area contributed by atoms with Crippen LogP contribution < -0.4 is 5.32 Å². The molecule has 0 amide bonds. The van der Waals surface area contributed by atoms with E-state index in [-0.39, 0.29) is 5.54 Å². The van der Waals surface area contributed by atoms with Crippen LogP contribution in [0.25, 0.3) is 0 Å². The lowest BCUT2D eigenvalue weighted by Gasteiger charge is -2.44. The van der Waals surface area contributed by atoms with Crippen molar-refractivity contribution in [3.8, 4) is 0 Å². The van der Waals surface area contributed by atoms with Crippen molar-refractivity contribution in [2.75, 3.05) is 64.5 Å². The molecule has 0 aromatic carbocycles.